The summed E-state index contributed by atoms with van der Waals surface area (Å²) in [7, 11) is 0. The smallest absolute Gasteiger partial charge is 0.232 e. The molecule has 4 heteroatoms. The first-order valence-corrected chi connectivity index (χ1v) is 13.6. The molecule has 186 valence electrons. The van der Waals surface area contributed by atoms with Gasteiger partial charge in [-0.2, -0.15) is 0 Å². The molecule has 1 atom stereocenters. The first-order chi connectivity index (χ1) is 16.9. The molecule has 1 unspecified atom stereocenters. The first kappa shape index (κ1) is 24.1. The van der Waals surface area contributed by atoms with E-state index in [4.69, 9.17) is 0 Å². The molecule has 3 aliphatic rings. The molecule has 3 fully saturated rings. The Bertz CT molecular complexity index is 1170. The highest BCUT2D eigenvalue weighted by Gasteiger charge is 2.42. The summed E-state index contributed by atoms with van der Waals surface area (Å²) < 4.78 is 0. The number of hydrogen-bond acceptors (Lipinski definition) is 2. The van der Waals surface area contributed by atoms with Gasteiger partial charge in [-0.15, -0.1) is 0 Å². The van der Waals surface area contributed by atoms with E-state index < -0.39 is 5.41 Å². The molecular weight excluding hydrogens is 430 g/mol. The van der Waals surface area contributed by atoms with Crippen molar-refractivity contribution in [2.45, 2.75) is 77.2 Å². The average Bonchev–Trinajstić information content (AvgIpc) is 3.28. The zero-order valence-corrected chi connectivity index (χ0v) is 21.9. The van der Waals surface area contributed by atoms with Gasteiger partial charge in [-0.25, -0.2) is 0 Å². The zero-order valence-electron chi connectivity index (χ0n) is 21.9. The number of amides is 1. The topological polar surface area (TPSA) is 48.1 Å². The SMILES string of the molecule is CCCNCC(C)c1c(-c2ccccc2)[nH]c2ccc(C(C)(C)C(=O)N3CC4CCC3CC4)cc12. The molecule has 1 aromatic heterocycles. The number of aromatic nitrogens is 1. The molecule has 0 radical (unpaired) electrons. The number of fused-ring (bicyclic) bond motifs is 4. The maximum Gasteiger partial charge on any atom is 0.232 e. The normalized spacial score (nSPS) is 21.0. The second-order valence-electron chi connectivity index (χ2n) is 11.4. The van der Waals surface area contributed by atoms with Crippen LogP contribution in [0.2, 0.25) is 0 Å². The van der Waals surface area contributed by atoms with Crippen molar-refractivity contribution in [2.24, 2.45) is 5.92 Å². The van der Waals surface area contributed by atoms with E-state index in [-0.39, 0.29) is 0 Å². The molecule has 2 N–H and O–H groups in total. The van der Waals surface area contributed by atoms with Gasteiger partial charge in [0, 0.05) is 30.0 Å². The Morgan fingerprint density at radius 2 is 1.86 bits per heavy atom. The molecule has 2 aromatic carbocycles. The van der Waals surface area contributed by atoms with Crippen molar-refractivity contribution in [2.75, 3.05) is 19.6 Å². The Labute approximate surface area is 210 Å². The minimum absolute atomic E-state index is 0.296. The number of rotatable bonds is 8. The summed E-state index contributed by atoms with van der Waals surface area (Å²) in [4.78, 5) is 19.8. The third-order valence-electron chi connectivity index (χ3n) is 8.50. The number of carbonyl (C=O) groups is 1. The van der Waals surface area contributed by atoms with Crippen LogP contribution in [0.3, 0.4) is 0 Å². The monoisotopic (exact) mass is 471 g/mol. The van der Waals surface area contributed by atoms with Gasteiger partial charge >= 0.3 is 0 Å². The molecule has 2 saturated heterocycles. The lowest BCUT2D eigenvalue weighted by molar-refractivity contribution is -0.144. The molecule has 4 nitrogen and oxygen atoms in total. The second-order valence-corrected chi connectivity index (χ2v) is 11.4. The number of piperidine rings is 2. The standard InChI is InChI=1S/C31H41N3O/c1-5-17-32-19-21(2)28-26-18-24(13-16-27(26)33-29(28)23-9-7-6-8-10-23)31(3,4)30(35)34-20-22-11-14-25(34)15-12-22/h6-10,13,16,18,21-22,25,32-33H,5,11-12,14-15,17,19-20H2,1-4H3. The number of benzene rings is 2. The van der Waals surface area contributed by atoms with E-state index in [1.54, 1.807) is 0 Å². The number of nitrogens with zero attached hydrogens (tertiary/aromatic N) is 1. The summed E-state index contributed by atoms with van der Waals surface area (Å²) in [5.41, 5.74) is 5.46. The third kappa shape index (κ3) is 4.53. The lowest BCUT2D eigenvalue weighted by Crippen LogP contribution is -2.55. The number of carbonyl (C=O) groups excluding carboxylic acids is 1. The van der Waals surface area contributed by atoms with Crippen LogP contribution in [0.1, 0.15) is 76.8 Å². The number of nitrogens with one attached hydrogen (secondary N) is 2. The molecule has 3 heterocycles. The first-order valence-electron chi connectivity index (χ1n) is 13.6. The molecule has 0 spiro atoms. The van der Waals surface area contributed by atoms with E-state index in [0.717, 1.165) is 37.1 Å². The van der Waals surface area contributed by atoms with Gasteiger partial charge in [-0.3, -0.25) is 4.79 Å². The van der Waals surface area contributed by atoms with Crippen LogP contribution in [0.4, 0.5) is 0 Å². The lowest BCUT2D eigenvalue weighted by Gasteiger charge is -2.47. The van der Waals surface area contributed by atoms with E-state index in [1.807, 2.05) is 0 Å². The highest BCUT2D eigenvalue weighted by atomic mass is 16.2. The molecule has 35 heavy (non-hydrogen) atoms. The molecular formula is C31H41N3O. The summed E-state index contributed by atoms with van der Waals surface area (Å²) in [6.07, 6.45) is 6.07. The summed E-state index contributed by atoms with van der Waals surface area (Å²) >= 11 is 0. The van der Waals surface area contributed by atoms with E-state index in [2.05, 4.69) is 91.4 Å². The molecule has 1 amide bonds. The second kappa shape index (κ2) is 9.81. The molecule has 3 aromatic rings. The fourth-order valence-corrected chi connectivity index (χ4v) is 6.34. The Balaban J connectivity index is 1.54. The van der Waals surface area contributed by atoms with Crippen molar-refractivity contribution < 1.29 is 4.79 Å². The van der Waals surface area contributed by atoms with E-state index in [1.165, 1.54) is 47.9 Å². The van der Waals surface area contributed by atoms with Crippen LogP contribution in [0.5, 0.6) is 0 Å². The fourth-order valence-electron chi connectivity index (χ4n) is 6.34. The van der Waals surface area contributed by atoms with Gasteiger partial charge in [-0.1, -0.05) is 50.2 Å². The maximum absolute atomic E-state index is 13.9. The predicted molar refractivity (Wildman–Crippen MR) is 146 cm³/mol. The Morgan fingerprint density at radius 3 is 2.51 bits per heavy atom. The summed E-state index contributed by atoms with van der Waals surface area (Å²) in [5.74, 6) is 1.34. The number of aromatic amines is 1. The van der Waals surface area contributed by atoms with Gasteiger partial charge in [0.25, 0.3) is 0 Å². The van der Waals surface area contributed by atoms with Gasteiger partial charge < -0.3 is 15.2 Å². The minimum atomic E-state index is -0.545. The molecule has 1 saturated carbocycles. The Morgan fingerprint density at radius 1 is 1.11 bits per heavy atom. The molecule has 1 aliphatic carbocycles. The molecule has 2 aliphatic heterocycles. The highest BCUT2D eigenvalue weighted by Crippen LogP contribution is 2.40. The maximum atomic E-state index is 13.9. The highest BCUT2D eigenvalue weighted by molar-refractivity contribution is 5.94. The number of H-pyrrole nitrogens is 1. The summed E-state index contributed by atoms with van der Waals surface area (Å²) in [6.45, 7) is 11.7. The van der Waals surface area contributed by atoms with Gasteiger partial charge in [0.05, 0.1) is 11.1 Å². The van der Waals surface area contributed by atoms with Crippen molar-refractivity contribution in [3.05, 3.63) is 59.7 Å². The Hall–Kier alpha value is -2.59. The molecule has 2 bridgehead atoms. The van der Waals surface area contributed by atoms with Crippen molar-refractivity contribution in [1.29, 1.82) is 0 Å². The fraction of sp³-hybridized carbons (Fsp3) is 0.516. The van der Waals surface area contributed by atoms with Crippen molar-refractivity contribution >= 4 is 16.8 Å². The summed E-state index contributed by atoms with van der Waals surface area (Å²) in [5, 5.41) is 4.86. The third-order valence-corrected chi connectivity index (χ3v) is 8.50. The van der Waals surface area contributed by atoms with Crippen molar-refractivity contribution in [3.8, 4) is 11.3 Å². The van der Waals surface area contributed by atoms with E-state index in [9.17, 15) is 4.79 Å². The van der Waals surface area contributed by atoms with E-state index in [0.29, 0.717) is 23.8 Å². The largest absolute Gasteiger partial charge is 0.354 e. The van der Waals surface area contributed by atoms with E-state index >= 15 is 0 Å². The quantitative estimate of drug-likeness (QED) is 0.363. The zero-order chi connectivity index (χ0) is 24.6. The minimum Gasteiger partial charge on any atom is -0.354 e. The molecule has 6 rings (SSSR count). The Kier molecular flexibility index (Phi) is 6.76. The van der Waals surface area contributed by atoms with Crippen LogP contribution in [0.25, 0.3) is 22.2 Å². The van der Waals surface area contributed by atoms with Gasteiger partial charge in [0.15, 0.2) is 0 Å². The van der Waals surface area contributed by atoms with Crippen LogP contribution in [0, 0.1) is 5.92 Å². The van der Waals surface area contributed by atoms with Crippen molar-refractivity contribution in [1.82, 2.24) is 15.2 Å². The number of hydrogen-bond donors (Lipinski definition) is 2. The van der Waals surface area contributed by atoms with Gasteiger partial charge in [0.2, 0.25) is 5.91 Å². The van der Waals surface area contributed by atoms with Crippen LogP contribution in [-0.2, 0) is 10.2 Å². The van der Waals surface area contributed by atoms with Crippen LogP contribution < -0.4 is 5.32 Å². The van der Waals surface area contributed by atoms with Crippen LogP contribution in [0.15, 0.2) is 48.5 Å². The van der Waals surface area contributed by atoms with Crippen LogP contribution >= 0.6 is 0 Å². The van der Waals surface area contributed by atoms with Gasteiger partial charge in [0.1, 0.15) is 0 Å². The van der Waals surface area contributed by atoms with Crippen molar-refractivity contribution in [3.63, 3.8) is 0 Å². The van der Waals surface area contributed by atoms with Crippen LogP contribution in [-0.4, -0.2) is 41.5 Å². The summed E-state index contributed by atoms with van der Waals surface area (Å²) in [6, 6.07) is 17.7. The van der Waals surface area contributed by atoms with Gasteiger partial charge in [-0.05, 0) is 93.2 Å². The predicted octanol–water partition coefficient (Wildman–Crippen LogP) is 6.62. The lowest BCUT2D eigenvalue weighted by atomic mass is 9.76. The average molecular weight is 472 g/mol.